The van der Waals surface area contributed by atoms with E-state index in [0.29, 0.717) is 30.0 Å². The molecule has 2 aliphatic rings. The molecule has 10 heteroatoms. The van der Waals surface area contributed by atoms with Crippen molar-refractivity contribution in [2.24, 2.45) is 0 Å². The lowest BCUT2D eigenvalue weighted by Crippen LogP contribution is -2.72. The van der Waals surface area contributed by atoms with Gasteiger partial charge in [-0.3, -0.25) is 14.4 Å². The van der Waals surface area contributed by atoms with Gasteiger partial charge in [0.1, 0.15) is 18.0 Å². The fraction of sp³-hybridized carbons (Fsp3) is 0.407. The standard InChI is InChI=1S/C27H31FN4O4S/c1-3-37-17-23-26(35)30(13-11-19-5-4-6-21(28)15-19)16-24-31(14-12-25(34)32(23)24)27(36)29-22-9-7-20(8-10-22)18(2)33/h4-10,15,23-24H,3,11-14,16-17H2,1-2H3,(H,29,36)/t23-,24+/m0/s1. The van der Waals surface area contributed by atoms with E-state index >= 15 is 0 Å². The number of nitrogens with zero attached hydrogens (tertiary/aromatic N) is 3. The highest BCUT2D eigenvalue weighted by atomic mass is 32.2. The Bertz CT molecular complexity index is 1180. The van der Waals surface area contributed by atoms with Gasteiger partial charge in [-0.25, -0.2) is 9.18 Å². The van der Waals surface area contributed by atoms with E-state index in [-0.39, 0.29) is 49.0 Å². The van der Waals surface area contributed by atoms with Gasteiger partial charge in [-0.05, 0) is 61.1 Å². The van der Waals surface area contributed by atoms with E-state index < -0.39 is 12.2 Å². The largest absolute Gasteiger partial charge is 0.337 e. The Hall–Kier alpha value is -3.40. The summed E-state index contributed by atoms with van der Waals surface area (Å²) in [5.41, 5.74) is 1.85. The van der Waals surface area contributed by atoms with Gasteiger partial charge in [-0.2, -0.15) is 11.8 Å². The molecule has 0 unspecified atom stereocenters. The van der Waals surface area contributed by atoms with E-state index in [4.69, 9.17) is 0 Å². The molecule has 4 rings (SSSR count). The SMILES string of the molecule is CCSC[C@H]1C(=O)N(CCc2cccc(F)c2)C[C@@H]2N(C(=O)Nc3ccc(C(C)=O)cc3)CCC(=O)N21. The van der Waals surface area contributed by atoms with Gasteiger partial charge < -0.3 is 20.0 Å². The van der Waals surface area contributed by atoms with E-state index in [1.165, 1.54) is 19.1 Å². The van der Waals surface area contributed by atoms with Crippen molar-refractivity contribution in [1.82, 2.24) is 14.7 Å². The predicted octanol–water partition coefficient (Wildman–Crippen LogP) is 3.63. The summed E-state index contributed by atoms with van der Waals surface area (Å²) in [5, 5.41) is 2.86. The normalized spacial score (nSPS) is 19.6. The molecule has 4 amide bonds. The highest BCUT2D eigenvalue weighted by Crippen LogP contribution is 2.28. The highest BCUT2D eigenvalue weighted by Gasteiger charge is 2.48. The maximum absolute atomic E-state index is 13.7. The Labute approximate surface area is 220 Å². The lowest BCUT2D eigenvalue weighted by molar-refractivity contribution is -0.164. The number of ketones is 1. The second-order valence-electron chi connectivity index (χ2n) is 9.13. The third-order valence-electron chi connectivity index (χ3n) is 6.69. The fourth-order valence-electron chi connectivity index (χ4n) is 4.75. The first-order valence-corrected chi connectivity index (χ1v) is 13.5. The van der Waals surface area contributed by atoms with Gasteiger partial charge in [0.05, 0.1) is 6.54 Å². The number of halogens is 1. The summed E-state index contributed by atoms with van der Waals surface area (Å²) in [6.45, 7) is 4.24. The molecule has 1 N–H and O–H groups in total. The van der Waals surface area contributed by atoms with E-state index in [1.807, 2.05) is 13.0 Å². The number of benzene rings is 2. The molecule has 2 saturated heterocycles. The fourth-order valence-corrected chi connectivity index (χ4v) is 5.52. The van der Waals surface area contributed by atoms with E-state index in [0.717, 1.165) is 11.3 Å². The zero-order valence-electron chi connectivity index (χ0n) is 21.0. The van der Waals surface area contributed by atoms with Crippen LogP contribution in [0.2, 0.25) is 0 Å². The van der Waals surface area contributed by atoms with Crippen LogP contribution in [0, 0.1) is 5.82 Å². The minimum absolute atomic E-state index is 0.0655. The van der Waals surface area contributed by atoms with Gasteiger partial charge in [-0.15, -0.1) is 0 Å². The molecule has 0 aliphatic carbocycles. The maximum Gasteiger partial charge on any atom is 0.323 e. The summed E-state index contributed by atoms with van der Waals surface area (Å²) < 4.78 is 13.7. The van der Waals surface area contributed by atoms with Crippen LogP contribution < -0.4 is 5.32 Å². The Balaban J connectivity index is 1.54. The van der Waals surface area contributed by atoms with Crippen molar-refractivity contribution in [2.75, 3.05) is 36.5 Å². The molecule has 0 saturated carbocycles. The molecule has 2 aromatic carbocycles. The molecule has 0 spiro atoms. The molecular formula is C27H31FN4O4S. The van der Waals surface area contributed by atoms with E-state index in [2.05, 4.69) is 5.32 Å². The number of hydrogen-bond donors (Lipinski definition) is 1. The Morgan fingerprint density at radius 2 is 1.89 bits per heavy atom. The molecule has 2 fully saturated rings. The minimum atomic E-state index is -0.672. The quantitative estimate of drug-likeness (QED) is 0.531. The van der Waals surface area contributed by atoms with Crippen molar-refractivity contribution in [3.8, 4) is 0 Å². The Morgan fingerprint density at radius 3 is 2.57 bits per heavy atom. The smallest absolute Gasteiger partial charge is 0.323 e. The van der Waals surface area contributed by atoms with E-state index in [1.54, 1.807) is 56.8 Å². The first kappa shape index (κ1) is 26.7. The summed E-state index contributed by atoms with van der Waals surface area (Å²) in [6.07, 6.45) is -0.00535. The monoisotopic (exact) mass is 526 g/mol. The molecular weight excluding hydrogens is 495 g/mol. The summed E-state index contributed by atoms with van der Waals surface area (Å²) >= 11 is 1.57. The third-order valence-corrected chi connectivity index (χ3v) is 7.65. The van der Waals surface area contributed by atoms with Gasteiger partial charge >= 0.3 is 6.03 Å². The molecule has 2 heterocycles. The first-order chi connectivity index (χ1) is 17.8. The zero-order chi connectivity index (χ0) is 26.5. The number of carbonyl (C=O) groups is 4. The first-order valence-electron chi connectivity index (χ1n) is 12.4. The second-order valence-corrected chi connectivity index (χ2v) is 10.4. The summed E-state index contributed by atoms with van der Waals surface area (Å²) in [6, 6.07) is 11.9. The summed E-state index contributed by atoms with van der Waals surface area (Å²) in [5.74, 6) is 0.548. The number of amides is 4. The van der Waals surface area contributed by atoms with Gasteiger partial charge in [0.15, 0.2) is 5.78 Å². The van der Waals surface area contributed by atoms with Gasteiger partial charge in [0.25, 0.3) is 0 Å². The number of rotatable bonds is 8. The number of urea groups is 1. The molecule has 0 bridgehead atoms. The van der Waals surface area contributed by atoms with Crippen molar-refractivity contribution in [1.29, 1.82) is 0 Å². The van der Waals surface area contributed by atoms with Crippen LogP contribution >= 0.6 is 11.8 Å². The topological polar surface area (TPSA) is 90.0 Å². The molecule has 2 aromatic rings. The van der Waals surface area contributed by atoms with E-state index in [9.17, 15) is 23.6 Å². The molecule has 37 heavy (non-hydrogen) atoms. The predicted molar refractivity (Wildman–Crippen MR) is 141 cm³/mol. The molecule has 8 nitrogen and oxygen atoms in total. The summed E-state index contributed by atoms with van der Waals surface area (Å²) in [7, 11) is 0. The Morgan fingerprint density at radius 1 is 1.14 bits per heavy atom. The van der Waals surface area contributed by atoms with Crippen molar-refractivity contribution >= 4 is 41.1 Å². The number of nitrogens with one attached hydrogen (secondary N) is 1. The van der Waals surface area contributed by atoms with Crippen LogP contribution in [0.25, 0.3) is 0 Å². The van der Waals surface area contributed by atoms with Gasteiger partial charge in [0.2, 0.25) is 11.8 Å². The highest BCUT2D eigenvalue weighted by molar-refractivity contribution is 7.99. The number of fused-ring (bicyclic) bond motifs is 1. The van der Waals surface area contributed by atoms with Gasteiger partial charge in [0, 0.05) is 36.5 Å². The number of carbonyl (C=O) groups excluding carboxylic acids is 4. The number of anilines is 1. The number of Topliss-reactive ketones (excluding diaryl/α,β-unsaturated/α-hetero) is 1. The second kappa shape index (κ2) is 11.8. The molecule has 196 valence electrons. The van der Waals surface area contributed by atoms with Crippen molar-refractivity contribution in [2.45, 2.75) is 38.9 Å². The van der Waals surface area contributed by atoms with Crippen molar-refractivity contribution in [3.63, 3.8) is 0 Å². The average molecular weight is 527 g/mol. The van der Waals surface area contributed by atoms with Crippen LogP contribution in [0.4, 0.5) is 14.9 Å². The van der Waals surface area contributed by atoms with Crippen LogP contribution in [0.1, 0.15) is 36.2 Å². The number of thioether (sulfide) groups is 1. The summed E-state index contributed by atoms with van der Waals surface area (Å²) in [4.78, 5) is 56.2. The molecule has 2 aliphatic heterocycles. The van der Waals surface area contributed by atoms with Crippen LogP contribution in [-0.2, 0) is 16.0 Å². The van der Waals surface area contributed by atoms with Crippen LogP contribution in [0.5, 0.6) is 0 Å². The lowest BCUT2D eigenvalue weighted by atomic mass is 10.0. The average Bonchev–Trinajstić information content (AvgIpc) is 2.87. The van der Waals surface area contributed by atoms with Crippen LogP contribution in [0.3, 0.4) is 0 Å². The van der Waals surface area contributed by atoms with Gasteiger partial charge in [-0.1, -0.05) is 19.1 Å². The van der Waals surface area contributed by atoms with Crippen molar-refractivity contribution in [3.05, 3.63) is 65.5 Å². The lowest BCUT2D eigenvalue weighted by Gasteiger charge is -2.52. The number of hydrogen-bond acceptors (Lipinski definition) is 5. The molecule has 2 atom stereocenters. The van der Waals surface area contributed by atoms with Crippen LogP contribution in [0.15, 0.2) is 48.5 Å². The minimum Gasteiger partial charge on any atom is -0.337 e. The third kappa shape index (κ3) is 6.12. The number of piperazine rings is 1. The Kier molecular flexibility index (Phi) is 8.48. The zero-order valence-corrected chi connectivity index (χ0v) is 21.8. The maximum atomic E-state index is 13.7. The van der Waals surface area contributed by atoms with Crippen LogP contribution in [-0.4, -0.2) is 81.7 Å². The molecule has 0 aromatic heterocycles. The van der Waals surface area contributed by atoms with Crippen molar-refractivity contribution < 1.29 is 23.6 Å². The molecule has 0 radical (unpaired) electrons.